The van der Waals surface area contributed by atoms with E-state index in [0.29, 0.717) is 12.0 Å². The highest BCUT2D eigenvalue weighted by Gasteiger charge is 2.28. The van der Waals surface area contributed by atoms with E-state index in [-0.39, 0.29) is 0 Å². The Balaban J connectivity index is 1.27. The molecule has 2 fully saturated rings. The SMILES string of the molecule is CN(c1ccnc(C2CC2)n1)C1CCN(CCc2ccc(Br)cc2)CC1. The Bertz CT molecular complexity index is 721. The van der Waals surface area contributed by atoms with Crippen LogP contribution in [0.25, 0.3) is 0 Å². The summed E-state index contributed by atoms with van der Waals surface area (Å²) in [7, 11) is 2.20. The van der Waals surface area contributed by atoms with E-state index in [4.69, 9.17) is 4.98 Å². The Kier molecular flexibility index (Phi) is 5.55. The molecule has 0 atom stereocenters. The van der Waals surface area contributed by atoms with Gasteiger partial charge in [-0.3, -0.25) is 0 Å². The van der Waals surface area contributed by atoms with Crippen LogP contribution in [0.4, 0.5) is 5.82 Å². The molecule has 1 aromatic carbocycles. The molecular weight excluding hydrogens is 388 g/mol. The third-order valence-corrected chi connectivity index (χ3v) is 6.23. The molecule has 1 saturated carbocycles. The monoisotopic (exact) mass is 414 g/mol. The molecule has 2 aliphatic rings. The average Bonchev–Trinajstić information content (AvgIpc) is 3.53. The Hall–Kier alpha value is -1.46. The van der Waals surface area contributed by atoms with Gasteiger partial charge in [-0.15, -0.1) is 0 Å². The van der Waals surface area contributed by atoms with Crippen molar-refractivity contribution in [2.24, 2.45) is 0 Å². The van der Waals surface area contributed by atoms with Gasteiger partial charge < -0.3 is 9.80 Å². The highest BCUT2D eigenvalue weighted by atomic mass is 79.9. The molecule has 138 valence electrons. The fourth-order valence-electron chi connectivity index (χ4n) is 3.75. The minimum atomic E-state index is 0.584. The van der Waals surface area contributed by atoms with Gasteiger partial charge in [-0.25, -0.2) is 9.97 Å². The van der Waals surface area contributed by atoms with Crippen LogP contribution in [0.2, 0.25) is 0 Å². The molecule has 2 aromatic rings. The van der Waals surface area contributed by atoms with Crippen LogP contribution in [0.5, 0.6) is 0 Å². The minimum absolute atomic E-state index is 0.584. The van der Waals surface area contributed by atoms with Crippen molar-refractivity contribution in [1.82, 2.24) is 14.9 Å². The van der Waals surface area contributed by atoms with E-state index in [1.165, 1.54) is 44.3 Å². The zero-order chi connectivity index (χ0) is 17.9. The van der Waals surface area contributed by atoms with Gasteiger partial charge in [0.1, 0.15) is 11.6 Å². The summed E-state index contributed by atoms with van der Waals surface area (Å²) in [6.45, 7) is 3.50. The quantitative estimate of drug-likeness (QED) is 0.706. The normalized spacial score (nSPS) is 18.8. The molecule has 1 aliphatic carbocycles. The van der Waals surface area contributed by atoms with Crippen LogP contribution in [0.15, 0.2) is 41.0 Å². The number of rotatable bonds is 6. The van der Waals surface area contributed by atoms with Crippen molar-refractivity contribution in [2.45, 2.75) is 44.1 Å². The first-order valence-corrected chi connectivity index (χ1v) is 10.5. The third-order valence-electron chi connectivity index (χ3n) is 5.70. The van der Waals surface area contributed by atoms with Crippen LogP contribution < -0.4 is 4.90 Å². The lowest BCUT2D eigenvalue weighted by Gasteiger charge is -2.37. The summed E-state index contributed by atoms with van der Waals surface area (Å²) in [6, 6.07) is 11.4. The minimum Gasteiger partial charge on any atom is -0.356 e. The molecule has 1 saturated heterocycles. The van der Waals surface area contributed by atoms with Crippen molar-refractivity contribution in [2.75, 3.05) is 31.6 Å². The van der Waals surface area contributed by atoms with Crippen molar-refractivity contribution in [3.63, 3.8) is 0 Å². The second-order valence-electron chi connectivity index (χ2n) is 7.61. The second kappa shape index (κ2) is 8.05. The predicted octanol–water partition coefficient (Wildman–Crippen LogP) is 4.26. The molecule has 26 heavy (non-hydrogen) atoms. The summed E-state index contributed by atoms with van der Waals surface area (Å²) in [4.78, 5) is 14.2. The smallest absolute Gasteiger partial charge is 0.133 e. The lowest BCUT2D eigenvalue weighted by atomic mass is 10.0. The number of benzene rings is 1. The van der Waals surface area contributed by atoms with E-state index in [1.54, 1.807) is 0 Å². The molecule has 1 aliphatic heterocycles. The summed E-state index contributed by atoms with van der Waals surface area (Å²) in [5.41, 5.74) is 1.42. The summed E-state index contributed by atoms with van der Waals surface area (Å²) < 4.78 is 1.15. The number of halogens is 1. The van der Waals surface area contributed by atoms with Gasteiger partial charge in [-0.05, 0) is 55.9 Å². The van der Waals surface area contributed by atoms with Gasteiger partial charge in [0, 0.05) is 49.3 Å². The fraction of sp³-hybridized carbons (Fsp3) is 0.524. The highest BCUT2D eigenvalue weighted by Crippen LogP contribution is 2.38. The Morgan fingerprint density at radius 1 is 1.08 bits per heavy atom. The molecule has 1 aromatic heterocycles. The van der Waals surface area contributed by atoms with Crippen molar-refractivity contribution in [1.29, 1.82) is 0 Å². The number of piperidine rings is 1. The Morgan fingerprint density at radius 3 is 2.50 bits per heavy atom. The molecule has 0 unspecified atom stereocenters. The molecule has 5 heteroatoms. The number of hydrogen-bond donors (Lipinski definition) is 0. The van der Waals surface area contributed by atoms with Crippen LogP contribution >= 0.6 is 15.9 Å². The summed E-state index contributed by atoms with van der Waals surface area (Å²) in [5.74, 6) is 2.75. The van der Waals surface area contributed by atoms with Crippen molar-refractivity contribution in [3.8, 4) is 0 Å². The predicted molar refractivity (Wildman–Crippen MR) is 110 cm³/mol. The zero-order valence-corrected chi connectivity index (χ0v) is 17.0. The van der Waals surface area contributed by atoms with Gasteiger partial charge >= 0.3 is 0 Å². The van der Waals surface area contributed by atoms with E-state index in [0.717, 1.165) is 29.1 Å². The Morgan fingerprint density at radius 2 is 1.81 bits per heavy atom. The first kappa shape index (κ1) is 17.9. The molecule has 0 amide bonds. The Labute approximate surface area is 164 Å². The van der Waals surface area contributed by atoms with Crippen molar-refractivity contribution >= 4 is 21.7 Å². The standard InChI is InChI=1S/C21H27BrN4/c1-25(20-8-12-23-21(24-20)17-4-5-17)19-10-14-26(15-11-19)13-9-16-2-6-18(22)7-3-16/h2-3,6-8,12,17,19H,4-5,9-11,13-15H2,1H3. The van der Waals surface area contributed by atoms with Crippen LogP contribution in [-0.2, 0) is 6.42 Å². The molecule has 2 heterocycles. The van der Waals surface area contributed by atoms with Crippen LogP contribution in [-0.4, -0.2) is 47.6 Å². The van der Waals surface area contributed by atoms with E-state index >= 15 is 0 Å². The third kappa shape index (κ3) is 4.44. The maximum absolute atomic E-state index is 4.81. The van der Waals surface area contributed by atoms with E-state index in [9.17, 15) is 0 Å². The maximum Gasteiger partial charge on any atom is 0.133 e. The van der Waals surface area contributed by atoms with Gasteiger partial charge in [-0.1, -0.05) is 28.1 Å². The summed E-state index contributed by atoms with van der Waals surface area (Å²) in [5, 5.41) is 0. The molecule has 0 radical (unpaired) electrons. The molecular formula is C21H27BrN4. The van der Waals surface area contributed by atoms with E-state index in [2.05, 4.69) is 68.1 Å². The fourth-order valence-corrected chi connectivity index (χ4v) is 4.02. The number of aromatic nitrogens is 2. The van der Waals surface area contributed by atoms with Crippen LogP contribution in [0.3, 0.4) is 0 Å². The van der Waals surface area contributed by atoms with Gasteiger partial charge in [0.25, 0.3) is 0 Å². The topological polar surface area (TPSA) is 32.3 Å². The van der Waals surface area contributed by atoms with Gasteiger partial charge in [-0.2, -0.15) is 0 Å². The van der Waals surface area contributed by atoms with Crippen molar-refractivity contribution in [3.05, 3.63) is 52.4 Å². The number of nitrogens with zero attached hydrogens (tertiary/aromatic N) is 4. The number of anilines is 1. The highest BCUT2D eigenvalue weighted by molar-refractivity contribution is 9.10. The van der Waals surface area contributed by atoms with Crippen molar-refractivity contribution < 1.29 is 0 Å². The summed E-state index contributed by atoms with van der Waals surface area (Å²) in [6.07, 6.45) is 7.98. The zero-order valence-electron chi connectivity index (χ0n) is 15.4. The molecule has 0 bridgehead atoms. The summed E-state index contributed by atoms with van der Waals surface area (Å²) >= 11 is 3.50. The van der Waals surface area contributed by atoms with Gasteiger partial charge in [0.2, 0.25) is 0 Å². The maximum atomic E-state index is 4.81. The van der Waals surface area contributed by atoms with Crippen LogP contribution in [0.1, 0.15) is 43.0 Å². The average molecular weight is 415 g/mol. The second-order valence-corrected chi connectivity index (χ2v) is 8.52. The van der Waals surface area contributed by atoms with E-state index in [1.807, 2.05) is 6.20 Å². The largest absolute Gasteiger partial charge is 0.356 e. The molecule has 0 spiro atoms. The first-order chi connectivity index (χ1) is 12.7. The van der Waals surface area contributed by atoms with Crippen LogP contribution in [0, 0.1) is 0 Å². The van der Waals surface area contributed by atoms with E-state index < -0.39 is 0 Å². The number of likely N-dealkylation sites (tertiary alicyclic amines) is 1. The van der Waals surface area contributed by atoms with Gasteiger partial charge in [0.15, 0.2) is 0 Å². The lowest BCUT2D eigenvalue weighted by molar-refractivity contribution is 0.213. The van der Waals surface area contributed by atoms with Gasteiger partial charge in [0.05, 0.1) is 0 Å². The lowest BCUT2D eigenvalue weighted by Crippen LogP contribution is -2.44. The first-order valence-electron chi connectivity index (χ1n) is 9.71. The molecule has 0 N–H and O–H groups in total. The molecule has 4 nitrogen and oxygen atoms in total. The number of hydrogen-bond acceptors (Lipinski definition) is 4. The molecule has 4 rings (SSSR count).